The van der Waals surface area contributed by atoms with Crippen molar-refractivity contribution in [3.63, 3.8) is 0 Å². The molecule has 0 aliphatic carbocycles. The van der Waals surface area contributed by atoms with E-state index in [0.29, 0.717) is 32.7 Å². The van der Waals surface area contributed by atoms with Gasteiger partial charge in [-0.2, -0.15) is 5.26 Å². The van der Waals surface area contributed by atoms with Gasteiger partial charge in [-0.15, -0.1) is 0 Å². The number of nitrogens with zero attached hydrogens (tertiary/aromatic N) is 1. The maximum absolute atomic E-state index is 12.0. The highest BCUT2D eigenvalue weighted by Gasteiger charge is 2.14. The number of ether oxygens (including phenoxy) is 1. The molecule has 0 unspecified atom stereocenters. The van der Waals surface area contributed by atoms with Gasteiger partial charge in [0.05, 0.1) is 28.8 Å². The van der Waals surface area contributed by atoms with E-state index in [1.165, 1.54) is 0 Å². The largest absolute Gasteiger partial charge is 0.462 e. The predicted molar refractivity (Wildman–Crippen MR) is 110 cm³/mol. The summed E-state index contributed by atoms with van der Waals surface area (Å²) in [6, 6.07) is 17.7. The molecule has 0 spiro atoms. The molecule has 0 radical (unpaired) electrons. The van der Waals surface area contributed by atoms with Crippen LogP contribution in [0.4, 0.5) is 0 Å². The minimum atomic E-state index is -0.490. The van der Waals surface area contributed by atoms with Gasteiger partial charge in [0.25, 0.3) is 0 Å². The zero-order valence-electron chi connectivity index (χ0n) is 14.9. The van der Waals surface area contributed by atoms with Gasteiger partial charge in [-0.1, -0.05) is 35.3 Å². The second-order valence-electron chi connectivity index (χ2n) is 5.79. The summed E-state index contributed by atoms with van der Waals surface area (Å²) in [7, 11) is 0. The van der Waals surface area contributed by atoms with Crippen molar-refractivity contribution in [2.24, 2.45) is 0 Å². The van der Waals surface area contributed by atoms with Crippen molar-refractivity contribution < 1.29 is 13.9 Å². The summed E-state index contributed by atoms with van der Waals surface area (Å²) in [6.45, 7) is 1.99. The molecular weight excluding hydrogens is 397 g/mol. The molecule has 1 heterocycles. The smallest absolute Gasteiger partial charge is 0.339 e. The lowest BCUT2D eigenvalue weighted by Gasteiger charge is -2.06. The van der Waals surface area contributed by atoms with E-state index in [0.717, 1.165) is 5.56 Å². The topological polar surface area (TPSA) is 63.2 Å². The molecule has 0 N–H and O–H groups in total. The Morgan fingerprint density at radius 3 is 2.57 bits per heavy atom. The number of carbonyl (C=O) groups is 1. The molecule has 2 aromatic carbocycles. The normalized spacial score (nSPS) is 11.1. The van der Waals surface area contributed by atoms with Crippen LogP contribution < -0.4 is 0 Å². The summed E-state index contributed by atoms with van der Waals surface area (Å²) in [5.74, 6) is 0.562. The van der Waals surface area contributed by atoms with Crippen LogP contribution in [0.1, 0.15) is 28.6 Å². The van der Waals surface area contributed by atoms with Crippen LogP contribution in [0, 0.1) is 11.3 Å². The second-order valence-corrected chi connectivity index (χ2v) is 6.64. The molecular formula is C22H15Cl2NO3. The number of rotatable bonds is 5. The monoisotopic (exact) mass is 411 g/mol. The van der Waals surface area contributed by atoms with E-state index < -0.39 is 5.97 Å². The SMILES string of the molecule is CCOC(=O)c1cc(-c2ccc(/C=C(/C#N)c3ccc(Cl)cc3)o2)ccc1Cl. The highest BCUT2D eigenvalue weighted by Crippen LogP contribution is 2.29. The van der Waals surface area contributed by atoms with Crippen LogP contribution >= 0.6 is 23.2 Å². The minimum Gasteiger partial charge on any atom is -0.462 e. The van der Waals surface area contributed by atoms with E-state index in [9.17, 15) is 10.1 Å². The first-order chi connectivity index (χ1) is 13.5. The average Bonchev–Trinajstić information content (AvgIpc) is 3.16. The molecule has 0 saturated heterocycles. The van der Waals surface area contributed by atoms with Gasteiger partial charge in [-0.25, -0.2) is 4.79 Å². The second kappa shape index (κ2) is 8.79. The van der Waals surface area contributed by atoms with E-state index in [4.69, 9.17) is 32.4 Å². The van der Waals surface area contributed by atoms with E-state index in [2.05, 4.69) is 6.07 Å². The maximum Gasteiger partial charge on any atom is 0.339 e. The lowest BCUT2D eigenvalue weighted by Crippen LogP contribution is -2.05. The standard InChI is InChI=1S/C22H15Cl2NO3/c1-2-27-22(26)19-12-15(5-9-20(19)24)21-10-8-18(28-21)11-16(13-25)14-3-6-17(23)7-4-14/h3-12H,2H2,1H3/b16-11-. The quantitative estimate of drug-likeness (QED) is 0.355. The minimum absolute atomic E-state index is 0.261. The van der Waals surface area contributed by atoms with Crippen molar-refractivity contribution >= 4 is 40.8 Å². The van der Waals surface area contributed by atoms with Crippen LogP contribution in [0.2, 0.25) is 10.0 Å². The van der Waals surface area contributed by atoms with Gasteiger partial charge in [0, 0.05) is 10.6 Å². The van der Waals surface area contributed by atoms with E-state index in [1.807, 2.05) is 0 Å². The Labute approximate surface area is 172 Å². The number of allylic oxidation sites excluding steroid dienone is 1. The first-order valence-corrected chi connectivity index (χ1v) is 9.22. The Morgan fingerprint density at radius 1 is 1.14 bits per heavy atom. The fourth-order valence-corrected chi connectivity index (χ4v) is 2.90. The summed E-state index contributed by atoms with van der Waals surface area (Å²) in [6.07, 6.45) is 1.65. The molecule has 0 aliphatic heterocycles. The molecule has 6 heteroatoms. The molecule has 1 aromatic heterocycles. The molecule has 28 heavy (non-hydrogen) atoms. The van der Waals surface area contributed by atoms with Gasteiger partial charge in [0.15, 0.2) is 0 Å². The Kier molecular flexibility index (Phi) is 6.20. The number of furan rings is 1. The fourth-order valence-electron chi connectivity index (χ4n) is 2.58. The molecule has 3 aromatic rings. The molecule has 0 fully saturated rings. The summed E-state index contributed by atoms with van der Waals surface area (Å²) < 4.78 is 10.9. The van der Waals surface area contributed by atoms with Crippen molar-refractivity contribution in [2.45, 2.75) is 6.92 Å². The molecule has 0 aliphatic rings. The van der Waals surface area contributed by atoms with Crippen molar-refractivity contribution in [3.05, 3.63) is 81.5 Å². The fraction of sp³-hybridized carbons (Fsp3) is 0.0909. The summed E-state index contributed by atoms with van der Waals surface area (Å²) >= 11 is 12.0. The van der Waals surface area contributed by atoms with Crippen LogP contribution in [0.5, 0.6) is 0 Å². The van der Waals surface area contributed by atoms with Gasteiger partial charge in [-0.3, -0.25) is 0 Å². The van der Waals surface area contributed by atoms with Gasteiger partial charge >= 0.3 is 5.97 Å². The number of hydrogen-bond donors (Lipinski definition) is 0. The first kappa shape index (κ1) is 19.8. The zero-order valence-corrected chi connectivity index (χ0v) is 16.4. The van der Waals surface area contributed by atoms with Crippen LogP contribution in [0.25, 0.3) is 23.0 Å². The van der Waals surface area contributed by atoms with Gasteiger partial charge < -0.3 is 9.15 Å². The Morgan fingerprint density at radius 2 is 1.89 bits per heavy atom. The number of nitriles is 1. The Balaban J connectivity index is 1.92. The van der Waals surface area contributed by atoms with Crippen LogP contribution in [-0.2, 0) is 4.74 Å². The third kappa shape index (κ3) is 4.45. The Bertz CT molecular complexity index is 1080. The maximum atomic E-state index is 12.0. The third-order valence-corrected chi connectivity index (χ3v) is 4.52. The van der Waals surface area contributed by atoms with Crippen molar-refractivity contribution in [1.82, 2.24) is 0 Å². The van der Waals surface area contributed by atoms with Gasteiger partial charge in [-0.05, 0) is 61.0 Å². The van der Waals surface area contributed by atoms with Crippen LogP contribution in [-0.4, -0.2) is 12.6 Å². The molecule has 4 nitrogen and oxygen atoms in total. The third-order valence-electron chi connectivity index (χ3n) is 3.94. The van der Waals surface area contributed by atoms with Gasteiger partial charge in [0.1, 0.15) is 11.5 Å². The Hall–Kier alpha value is -3.00. The number of carbonyl (C=O) groups excluding carboxylic acids is 1. The van der Waals surface area contributed by atoms with E-state index >= 15 is 0 Å². The zero-order chi connectivity index (χ0) is 20.1. The molecule has 0 amide bonds. The number of hydrogen-bond acceptors (Lipinski definition) is 4. The summed E-state index contributed by atoms with van der Waals surface area (Å²) in [5.41, 5.74) is 2.13. The van der Waals surface area contributed by atoms with Crippen LogP contribution in [0.3, 0.4) is 0 Å². The number of esters is 1. The first-order valence-electron chi connectivity index (χ1n) is 8.46. The molecule has 0 saturated carbocycles. The van der Waals surface area contributed by atoms with Gasteiger partial charge in [0.2, 0.25) is 0 Å². The number of halogens is 2. The van der Waals surface area contributed by atoms with Crippen molar-refractivity contribution in [2.75, 3.05) is 6.61 Å². The molecule has 0 bridgehead atoms. The number of benzene rings is 2. The lowest BCUT2D eigenvalue weighted by molar-refractivity contribution is 0.0526. The van der Waals surface area contributed by atoms with Crippen molar-refractivity contribution in [1.29, 1.82) is 5.26 Å². The molecule has 0 atom stereocenters. The lowest BCUT2D eigenvalue weighted by atomic mass is 10.1. The van der Waals surface area contributed by atoms with E-state index in [-0.39, 0.29) is 12.2 Å². The summed E-state index contributed by atoms with van der Waals surface area (Å²) in [4.78, 5) is 12.0. The molecule has 3 rings (SSSR count). The predicted octanol–water partition coefficient (Wildman–Crippen LogP) is 6.49. The highest BCUT2D eigenvalue weighted by molar-refractivity contribution is 6.33. The van der Waals surface area contributed by atoms with Crippen LogP contribution in [0.15, 0.2) is 59.0 Å². The average molecular weight is 412 g/mol. The highest BCUT2D eigenvalue weighted by atomic mass is 35.5. The molecule has 140 valence electrons. The van der Waals surface area contributed by atoms with Crippen molar-refractivity contribution in [3.8, 4) is 17.4 Å². The van der Waals surface area contributed by atoms with E-state index in [1.54, 1.807) is 67.6 Å². The summed E-state index contributed by atoms with van der Waals surface area (Å²) in [5, 5.41) is 10.4.